The molecule has 11 heteroatoms. The Kier molecular flexibility index (Phi) is 9.05. The average molecular weight is 648 g/mol. The molecule has 242 valence electrons. The fraction of sp³-hybridized carbons (Fsp3) is 0.429. The third kappa shape index (κ3) is 5.52. The zero-order valence-corrected chi connectivity index (χ0v) is 26.5. The Morgan fingerprint density at radius 3 is 2.48 bits per heavy atom. The molecule has 4 heterocycles. The summed E-state index contributed by atoms with van der Waals surface area (Å²) in [6, 6.07) is 13.6. The number of ether oxygens (including phenoxy) is 2. The zero-order chi connectivity index (χ0) is 32.6. The van der Waals surface area contributed by atoms with E-state index in [4.69, 9.17) is 21.1 Å². The second-order valence-electron chi connectivity index (χ2n) is 12.5. The van der Waals surface area contributed by atoms with Gasteiger partial charge in [-0.3, -0.25) is 19.2 Å². The molecule has 4 aliphatic rings. The Balaban J connectivity index is 1.47. The fourth-order valence-electron chi connectivity index (χ4n) is 7.24. The van der Waals surface area contributed by atoms with Crippen LogP contribution in [0.3, 0.4) is 0 Å². The Bertz CT molecular complexity index is 1560. The molecule has 1 spiro atoms. The first-order valence-corrected chi connectivity index (χ1v) is 16.1. The highest BCUT2D eigenvalue weighted by Gasteiger charge is 2.72. The highest BCUT2D eigenvalue weighted by atomic mass is 35.5. The van der Waals surface area contributed by atoms with Crippen LogP contribution in [-0.2, 0) is 28.7 Å². The van der Waals surface area contributed by atoms with E-state index in [1.165, 1.54) is 9.80 Å². The monoisotopic (exact) mass is 647 g/mol. The van der Waals surface area contributed by atoms with E-state index in [0.29, 0.717) is 17.1 Å². The molecule has 6 rings (SSSR count). The number of aliphatic hydroxyl groups excluding tert-OH is 1. The molecule has 0 aliphatic carbocycles. The number of likely N-dealkylation sites (tertiary alicyclic amines) is 1. The maximum Gasteiger partial charge on any atom is 0.306 e. The lowest BCUT2D eigenvalue weighted by Gasteiger charge is -2.40. The maximum absolute atomic E-state index is 14.7. The van der Waals surface area contributed by atoms with E-state index in [0.717, 1.165) is 5.56 Å². The summed E-state index contributed by atoms with van der Waals surface area (Å²) < 4.78 is 12.3. The number of hydrogen-bond acceptors (Lipinski definition) is 7. The van der Waals surface area contributed by atoms with Gasteiger partial charge in [-0.2, -0.15) is 0 Å². The summed E-state index contributed by atoms with van der Waals surface area (Å²) in [5.41, 5.74) is -0.300. The van der Waals surface area contributed by atoms with E-state index in [1.54, 1.807) is 48.6 Å². The molecule has 0 unspecified atom stereocenters. The minimum atomic E-state index is -1.52. The van der Waals surface area contributed by atoms with E-state index < -0.39 is 65.4 Å². The van der Waals surface area contributed by atoms with Crippen molar-refractivity contribution in [2.45, 2.75) is 56.5 Å². The van der Waals surface area contributed by atoms with Crippen LogP contribution in [0.2, 0.25) is 5.02 Å². The molecule has 3 amide bonds. The van der Waals surface area contributed by atoms with Gasteiger partial charge in [-0.1, -0.05) is 92.2 Å². The van der Waals surface area contributed by atoms with Crippen LogP contribution >= 0.6 is 11.6 Å². The van der Waals surface area contributed by atoms with Crippen molar-refractivity contribution in [3.8, 4) is 0 Å². The molecule has 2 N–H and O–H groups in total. The van der Waals surface area contributed by atoms with Crippen LogP contribution in [0.15, 0.2) is 78.9 Å². The van der Waals surface area contributed by atoms with Crippen molar-refractivity contribution in [1.29, 1.82) is 0 Å². The molecule has 0 saturated carbocycles. The molecule has 7 atom stereocenters. The summed E-state index contributed by atoms with van der Waals surface area (Å²) in [5, 5.41) is 14.0. The van der Waals surface area contributed by atoms with Crippen molar-refractivity contribution in [2.75, 3.05) is 24.7 Å². The first kappa shape index (κ1) is 32.0. The number of aliphatic hydroxyl groups is 1. The molecular weight excluding hydrogens is 610 g/mol. The highest BCUT2D eigenvalue weighted by Crippen LogP contribution is 2.54. The third-order valence-corrected chi connectivity index (χ3v) is 9.78. The van der Waals surface area contributed by atoms with Crippen LogP contribution < -0.4 is 10.2 Å². The predicted octanol–water partition coefficient (Wildman–Crippen LogP) is 3.59. The largest absolute Gasteiger partial charge is 0.463 e. The molecule has 46 heavy (non-hydrogen) atoms. The predicted molar refractivity (Wildman–Crippen MR) is 171 cm³/mol. The second-order valence-corrected chi connectivity index (χ2v) is 12.9. The Hall–Kier alpha value is -3.99. The van der Waals surface area contributed by atoms with Crippen molar-refractivity contribution < 1.29 is 33.8 Å². The smallest absolute Gasteiger partial charge is 0.306 e. The summed E-state index contributed by atoms with van der Waals surface area (Å²) in [4.78, 5) is 59.3. The van der Waals surface area contributed by atoms with Crippen molar-refractivity contribution >= 4 is 41.0 Å². The molecule has 0 bridgehead atoms. The molecule has 2 aromatic rings. The number of carbonyl (C=O) groups excluding carboxylic acids is 4. The van der Waals surface area contributed by atoms with Crippen LogP contribution in [0.4, 0.5) is 5.69 Å². The standard InChI is InChI=1S/C35H38ClN3O7/c1-21(2)26(19-40)39-31-34(44)38(25-14-7-6-13-23(25)36)18-10-17-35(31)30(33(39)43)29-27(46-35)15-8-9-16-28(41)45-20-24(37-32(29)42)22-11-4-3-5-12-22/h3-8,10-15,17,21,24,26-27,29-31,40H,9,16,18-20H2,1-2H3,(H,37,42)/b15-8-/t24-,26-,27+,29-,30-,31+,35-/m0/s1. The number of hydrogen-bond donors (Lipinski definition) is 2. The number of rotatable bonds is 5. The number of cyclic esters (lactones) is 1. The molecule has 0 aromatic heterocycles. The number of nitrogens with zero attached hydrogens (tertiary/aromatic N) is 2. The Labute approximate surface area is 273 Å². The van der Waals surface area contributed by atoms with Gasteiger partial charge >= 0.3 is 5.97 Å². The number of benzene rings is 2. The number of carbonyl (C=O) groups is 4. The van der Waals surface area contributed by atoms with E-state index in [2.05, 4.69) is 5.32 Å². The molecular formula is C35H38ClN3O7. The van der Waals surface area contributed by atoms with Crippen molar-refractivity contribution in [3.63, 3.8) is 0 Å². The first-order valence-electron chi connectivity index (χ1n) is 15.7. The third-order valence-electron chi connectivity index (χ3n) is 9.46. The van der Waals surface area contributed by atoms with Crippen LogP contribution in [0.25, 0.3) is 0 Å². The molecule has 10 nitrogen and oxygen atoms in total. The van der Waals surface area contributed by atoms with Crippen molar-refractivity contribution in [1.82, 2.24) is 10.2 Å². The minimum Gasteiger partial charge on any atom is -0.463 e. The summed E-state index contributed by atoms with van der Waals surface area (Å²) in [5.74, 6) is -4.03. The van der Waals surface area contributed by atoms with Crippen molar-refractivity contribution in [2.24, 2.45) is 17.8 Å². The van der Waals surface area contributed by atoms with Gasteiger partial charge in [-0.25, -0.2) is 0 Å². The lowest BCUT2D eigenvalue weighted by molar-refractivity contribution is -0.147. The van der Waals surface area contributed by atoms with Crippen LogP contribution in [0, 0.1) is 17.8 Å². The Morgan fingerprint density at radius 2 is 1.76 bits per heavy atom. The van der Waals surface area contributed by atoms with Crippen LogP contribution in [-0.4, -0.2) is 77.2 Å². The number of allylic oxidation sites excluding steroid dienone is 1. The number of fused-ring (bicyclic) bond motifs is 2. The number of nitrogens with one attached hydrogen (secondary N) is 1. The van der Waals surface area contributed by atoms with Gasteiger partial charge in [0.1, 0.15) is 18.2 Å². The molecule has 2 aromatic carbocycles. The number of para-hydroxylation sites is 1. The van der Waals surface area contributed by atoms with E-state index in [-0.39, 0.29) is 32.1 Å². The zero-order valence-electron chi connectivity index (χ0n) is 25.8. The van der Waals surface area contributed by atoms with Crippen molar-refractivity contribution in [3.05, 3.63) is 89.5 Å². The maximum atomic E-state index is 14.7. The van der Waals surface area contributed by atoms with Gasteiger partial charge in [-0.15, -0.1) is 0 Å². The van der Waals surface area contributed by atoms with Gasteiger partial charge < -0.3 is 29.7 Å². The van der Waals surface area contributed by atoms with E-state index >= 15 is 0 Å². The van der Waals surface area contributed by atoms with Crippen LogP contribution in [0.1, 0.15) is 38.3 Å². The van der Waals surface area contributed by atoms with E-state index in [1.807, 2.05) is 44.2 Å². The minimum absolute atomic E-state index is 0.0832. The Morgan fingerprint density at radius 1 is 1.02 bits per heavy atom. The summed E-state index contributed by atoms with van der Waals surface area (Å²) in [6.07, 6.45) is 6.59. The summed E-state index contributed by atoms with van der Waals surface area (Å²) in [7, 11) is 0. The quantitative estimate of drug-likeness (QED) is 0.375. The number of esters is 1. The van der Waals surface area contributed by atoms with Gasteiger partial charge in [0.2, 0.25) is 11.8 Å². The van der Waals surface area contributed by atoms with E-state index in [9.17, 15) is 24.3 Å². The SMILES string of the molecule is CC(C)[C@H](CO)N1C(=O)[C@@H]2[C@H]3C(=O)N[C@H](c4ccccc4)COC(=O)CC/C=C\[C@H]3O[C@@]23C=CCN(c2ccccc2Cl)C(=O)[C@@H]13. The second kappa shape index (κ2) is 13.0. The van der Waals surface area contributed by atoms with Gasteiger partial charge in [0.05, 0.1) is 47.3 Å². The summed E-state index contributed by atoms with van der Waals surface area (Å²) in [6.45, 7) is 3.45. The normalized spacial score (nSPS) is 31.2. The molecule has 0 radical (unpaired) electrons. The molecule has 4 aliphatic heterocycles. The lowest BCUT2D eigenvalue weighted by atomic mass is 9.77. The highest BCUT2D eigenvalue weighted by molar-refractivity contribution is 6.34. The van der Waals surface area contributed by atoms with Gasteiger partial charge in [0.25, 0.3) is 5.91 Å². The summed E-state index contributed by atoms with van der Waals surface area (Å²) >= 11 is 6.55. The molecule has 2 fully saturated rings. The average Bonchev–Trinajstić information content (AvgIpc) is 3.43. The number of amides is 3. The first-order chi connectivity index (χ1) is 22.2. The van der Waals surface area contributed by atoms with Crippen LogP contribution in [0.5, 0.6) is 0 Å². The van der Waals surface area contributed by atoms with Gasteiger partial charge in [0, 0.05) is 13.0 Å². The number of halogens is 1. The van der Waals surface area contributed by atoms with Gasteiger partial charge in [-0.05, 0) is 30.0 Å². The topological polar surface area (TPSA) is 125 Å². The molecule has 2 saturated heterocycles. The lowest BCUT2D eigenvalue weighted by Crippen LogP contribution is -2.59. The van der Waals surface area contributed by atoms with Gasteiger partial charge in [0.15, 0.2) is 0 Å². The number of anilines is 1. The fourth-order valence-corrected chi connectivity index (χ4v) is 7.48.